The molecule has 46 heavy (non-hydrogen) atoms. The third-order valence-electron chi connectivity index (χ3n) is 4.29. The molecule has 0 aromatic heterocycles. The number of hydrogen-bond donors (Lipinski definition) is 5. The monoisotopic (exact) mass is 693 g/mol. The summed E-state index contributed by atoms with van der Waals surface area (Å²) in [5.41, 5.74) is 14.6. The van der Waals surface area contributed by atoms with Crippen molar-refractivity contribution in [1.82, 2.24) is 9.44 Å². The number of para-hydroxylation sites is 6. The number of nitrogens with two attached hydrogens (primary N) is 3. The van der Waals surface area contributed by atoms with Crippen LogP contribution in [-0.2, 0) is 20.0 Å². The van der Waals surface area contributed by atoms with Crippen molar-refractivity contribution in [2.75, 3.05) is 45.1 Å². The van der Waals surface area contributed by atoms with Crippen molar-refractivity contribution < 1.29 is 36.5 Å². The minimum absolute atomic E-state index is 0.484. The smallest absolute Gasteiger partial charge is 0.346 e. The highest BCUT2D eigenvalue weighted by Crippen LogP contribution is 2.25. The van der Waals surface area contributed by atoms with Crippen molar-refractivity contribution in [3.63, 3.8) is 0 Å². The number of benzene rings is 3. The lowest BCUT2D eigenvalue weighted by atomic mass is 10.3. The van der Waals surface area contributed by atoms with Gasteiger partial charge in [-0.2, -0.15) is 0 Å². The number of rotatable bonds is 6. The summed E-state index contributed by atoms with van der Waals surface area (Å²) in [5, 5.41) is 40.9. The third kappa shape index (κ3) is 22.2. The van der Waals surface area contributed by atoms with Crippen LogP contribution in [0.2, 0.25) is 0 Å². The largest absolute Gasteiger partial charge is 0.397 e. The maximum Gasteiger partial charge on any atom is 0.346 e. The zero-order valence-electron chi connectivity index (χ0n) is 25.2. The normalized spacial score (nSPS) is 9.61. The number of nitro benzene ring substituents is 4. The molecule has 0 atom stereocenters. The minimum Gasteiger partial charge on any atom is -0.397 e. The molecule has 0 saturated carbocycles. The van der Waals surface area contributed by atoms with Crippen molar-refractivity contribution in [3.05, 3.63) is 113 Å². The Morgan fingerprint density at radius 1 is 0.500 bits per heavy atom. The minimum atomic E-state index is -2.91. The quantitative estimate of drug-likeness (QED) is 0.139. The molecule has 21 nitrogen and oxygen atoms in total. The average molecular weight is 694 g/mol. The van der Waals surface area contributed by atoms with E-state index in [1.165, 1.54) is 45.4 Å². The summed E-state index contributed by atoms with van der Waals surface area (Å²) < 4.78 is 43.7. The van der Waals surface area contributed by atoms with Crippen molar-refractivity contribution in [2.24, 2.45) is 5.73 Å². The van der Waals surface area contributed by atoms with Crippen molar-refractivity contribution in [3.8, 4) is 0 Å². The van der Waals surface area contributed by atoms with Gasteiger partial charge >= 0.3 is 22.7 Å². The number of nitro groups is 4. The van der Waals surface area contributed by atoms with Crippen LogP contribution in [0.1, 0.15) is 0 Å². The molecule has 0 saturated heterocycles. The van der Waals surface area contributed by atoms with Crippen LogP contribution >= 0.6 is 0 Å². The van der Waals surface area contributed by atoms with E-state index in [1.807, 2.05) is 12.1 Å². The van der Waals surface area contributed by atoms with Gasteiger partial charge in [-0.3, -0.25) is 40.5 Å². The molecule has 8 N–H and O–H groups in total. The molecule has 0 heterocycles. The number of nitrogens with one attached hydrogen (secondary N) is 2. The predicted molar refractivity (Wildman–Crippen MR) is 173 cm³/mol. The van der Waals surface area contributed by atoms with E-state index in [2.05, 4.69) is 15.2 Å². The second-order valence-corrected chi connectivity index (χ2v) is 11.5. The first-order valence-corrected chi connectivity index (χ1v) is 15.7. The van der Waals surface area contributed by atoms with Gasteiger partial charge in [0.2, 0.25) is 20.0 Å². The Morgan fingerprint density at radius 2 is 0.652 bits per heavy atom. The van der Waals surface area contributed by atoms with Crippen LogP contribution < -0.4 is 26.6 Å². The van der Waals surface area contributed by atoms with Crippen LogP contribution in [0.5, 0.6) is 0 Å². The summed E-state index contributed by atoms with van der Waals surface area (Å²) in [7, 11) is -1.58. The van der Waals surface area contributed by atoms with Crippen LogP contribution in [0.3, 0.4) is 0 Å². The second-order valence-electron chi connectivity index (χ2n) is 7.59. The first kappa shape index (κ1) is 45.1. The Labute approximate surface area is 264 Å². The number of sulfonamides is 2. The SMILES string of the molecule is CN.CNS(C)(=O)=O.CNS(C)(=O)=O.Nc1ccccc1N.O=[N+]([O-])c1ccccc1[N+](=O)[O-].O=[N+]([O-])c1ccccc1[N+](=O)[O-]. The molecule has 0 aliphatic rings. The summed E-state index contributed by atoms with van der Waals surface area (Å²) >= 11 is 0. The summed E-state index contributed by atoms with van der Waals surface area (Å²) in [4.78, 5) is 37.8. The topological polar surface area (TPSA) is 343 Å². The zero-order valence-corrected chi connectivity index (χ0v) is 26.8. The first-order valence-electron chi connectivity index (χ1n) is 11.9. The van der Waals surface area contributed by atoms with E-state index in [-0.39, 0.29) is 0 Å². The fraction of sp³-hybridized carbons (Fsp3) is 0.217. The Kier molecular flexibility index (Phi) is 22.6. The van der Waals surface area contributed by atoms with Crippen LogP contribution in [0, 0.1) is 40.5 Å². The van der Waals surface area contributed by atoms with E-state index in [4.69, 9.17) is 11.5 Å². The van der Waals surface area contributed by atoms with Crippen LogP contribution in [0.15, 0.2) is 72.8 Å². The molecule has 23 heteroatoms. The van der Waals surface area contributed by atoms with E-state index in [1.54, 1.807) is 12.1 Å². The van der Waals surface area contributed by atoms with Crippen molar-refractivity contribution >= 4 is 54.2 Å². The zero-order chi connectivity index (χ0) is 36.7. The van der Waals surface area contributed by atoms with E-state index < -0.39 is 62.5 Å². The molecular weight excluding hydrogens is 658 g/mol. The van der Waals surface area contributed by atoms with Crippen LogP contribution in [-0.4, -0.2) is 70.2 Å². The van der Waals surface area contributed by atoms with Gasteiger partial charge in [0.15, 0.2) is 0 Å². The number of nitrogens with zero attached hydrogens (tertiary/aromatic N) is 4. The van der Waals surface area contributed by atoms with Gasteiger partial charge in [-0.05, 0) is 33.3 Å². The van der Waals surface area contributed by atoms with Crippen LogP contribution in [0.4, 0.5) is 34.1 Å². The predicted octanol–water partition coefficient (Wildman–Crippen LogP) is 1.76. The fourth-order valence-corrected chi connectivity index (χ4v) is 2.06. The van der Waals surface area contributed by atoms with E-state index in [0.29, 0.717) is 11.4 Å². The number of anilines is 2. The van der Waals surface area contributed by atoms with E-state index in [0.717, 1.165) is 36.8 Å². The van der Waals surface area contributed by atoms with Gasteiger partial charge in [-0.15, -0.1) is 0 Å². The molecule has 3 aromatic carbocycles. The Hall–Kier alpha value is -5.36. The lowest BCUT2D eigenvalue weighted by Gasteiger charge is -1.94. The summed E-state index contributed by atoms with van der Waals surface area (Å²) in [5.74, 6) is 0. The summed E-state index contributed by atoms with van der Waals surface area (Å²) in [6.45, 7) is 0. The third-order valence-corrected chi connectivity index (χ3v) is 5.77. The average Bonchev–Trinajstić information content (AvgIpc) is 3.00. The van der Waals surface area contributed by atoms with Gasteiger partial charge in [0, 0.05) is 24.3 Å². The van der Waals surface area contributed by atoms with E-state index in [9.17, 15) is 57.3 Å². The lowest BCUT2D eigenvalue weighted by Crippen LogP contribution is -2.15. The molecule has 0 spiro atoms. The highest BCUT2D eigenvalue weighted by atomic mass is 32.2. The van der Waals surface area contributed by atoms with Gasteiger partial charge in [0.05, 0.1) is 43.6 Å². The molecule has 3 rings (SSSR count). The molecule has 256 valence electrons. The number of nitrogen functional groups attached to an aromatic ring is 2. The Bertz CT molecular complexity index is 1450. The maximum absolute atomic E-state index is 10.2. The van der Waals surface area contributed by atoms with Gasteiger partial charge in [0.1, 0.15) is 0 Å². The maximum atomic E-state index is 10.2. The summed E-state index contributed by atoms with van der Waals surface area (Å²) in [6, 6.07) is 17.2. The second kappa shape index (κ2) is 23.1. The first-order chi connectivity index (χ1) is 21.2. The highest BCUT2D eigenvalue weighted by molar-refractivity contribution is 7.88. The molecule has 0 bridgehead atoms. The van der Waals surface area contributed by atoms with Gasteiger partial charge in [-0.1, -0.05) is 36.4 Å². The lowest BCUT2D eigenvalue weighted by molar-refractivity contribution is -0.422. The Balaban J connectivity index is -0.000000511. The van der Waals surface area contributed by atoms with E-state index >= 15 is 0 Å². The van der Waals surface area contributed by atoms with Gasteiger partial charge < -0.3 is 17.2 Å². The van der Waals surface area contributed by atoms with Gasteiger partial charge in [-0.25, -0.2) is 26.3 Å². The molecular formula is C23H35N9O12S2. The fourth-order valence-electron chi connectivity index (χ4n) is 2.06. The summed E-state index contributed by atoms with van der Waals surface area (Å²) in [6.07, 6.45) is 2.21. The van der Waals surface area contributed by atoms with Crippen molar-refractivity contribution in [1.29, 1.82) is 0 Å². The molecule has 0 radical (unpaired) electrons. The number of hydrogen-bond acceptors (Lipinski definition) is 15. The molecule has 0 fully saturated rings. The Morgan fingerprint density at radius 3 is 0.761 bits per heavy atom. The standard InChI is InChI=1S/2C6H4N2O4.C6H8N2.2C2H7NO2S.CH5N/c2*9-7(10)5-3-1-2-4-6(5)8(11)12;7-5-3-1-2-4-6(5)8;2*1-3-6(2,4)5;1-2/h2*1-4H;1-4H,7-8H2;2*3H,1-2H3;2H2,1H3. The molecule has 0 unspecified atom stereocenters. The van der Waals surface area contributed by atoms with Gasteiger partial charge in [0.25, 0.3) is 0 Å². The molecule has 0 amide bonds. The molecule has 0 aliphatic carbocycles. The van der Waals surface area contributed by atoms with Crippen LogP contribution in [0.25, 0.3) is 0 Å². The highest BCUT2D eigenvalue weighted by Gasteiger charge is 2.22. The molecule has 0 aliphatic heterocycles. The molecule has 3 aromatic rings. The van der Waals surface area contributed by atoms with Crippen molar-refractivity contribution in [2.45, 2.75) is 0 Å².